The van der Waals surface area contributed by atoms with Crippen LogP contribution in [-0.2, 0) is 7.05 Å². The maximum atomic E-state index is 2.31. The van der Waals surface area contributed by atoms with Crippen LogP contribution in [0.15, 0.2) is 127 Å². The molecule has 0 radical (unpaired) electrons. The van der Waals surface area contributed by atoms with E-state index in [1.165, 1.54) is 32.9 Å². The first-order chi connectivity index (χ1) is 16.3. The predicted octanol–water partition coefficient (Wildman–Crippen LogP) is 8.47. The van der Waals surface area contributed by atoms with Gasteiger partial charge in [-0.25, -0.2) is 0 Å². The Bertz CT molecular complexity index is 1510. The van der Waals surface area contributed by atoms with Crippen LogP contribution < -0.4 is 4.90 Å². The van der Waals surface area contributed by atoms with E-state index in [0.29, 0.717) is 0 Å². The summed E-state index contributed by atoms with van der Waals surface area (Å²) in [4.78, 5) is 2.29. The van der Waals surface area contributed by atoms with Gasteiger partial charge in [0.15, 0.2) is 0 Å². The molecule has 1 heterocycles. The van der Waals surface area contributed by atoms with E-state index >= 15 is 0 Å². The van der Waals surface area contributed by atoms with Gasteiger partial charge in [0.25, 0.3) is 0 Å². The Kier molecular flexibility index (Phi) is 4.70. The van der Waals surface area contributed by atoms with E-state index < -0.39 is 0 Å². The Morgan fingerprint density at radius 1 is 0.485 bits per heavy atom. The SMILES string of the molecule is Cn1c2ccccc2c2cccc(-c3ccc(N(c4ccccc4)c4ccccc4)cc3)c21. The summed E-state index contributed by atoms with van der Waals surface area (Å²) in [5.74, 6) is 0. The summed E-state index contributed by atoms with van der Waals surface area (Å²) in [6, 6.07) is 45.2. The third kappa shape index (κ3) is 3.28. The molecule has 5 aromatic carbocycles. The summed E-state index contributed by atoms with van der Waals surface area (Å²) in [6.07, 6.45) is 0. The summed E-state index contributed by atoms with van der Waals surface area (Å²) < 4.78 is 2.31. The lowest BCUT2D eigenvalue weighted by Gasteiger charge is -2.25. The van der Waals surface area contributed by atoms with Crippen molar-refractivity contribution in [3.05, 3.63) is 127 Å². The fourth-order valence-electron chi connectivity index (χ4n) is 4.86. The largest absolute Gasteiger partial charge is 0.343 e. The molecular weight excluding hydrogens is 400 g/mol. The van der Waals surface area contributed by atoms with Crippen LogP contribution in [0.25, 0.3) is 32.9 Å². The lowest BCUT2D eigenvalue weighted by molar-refractivity contribution is 1.02. The van der Waals surface area contributed by atoms with E-state index in [4.69, 9.17) is 0 Å². The molecule has 0 N–H and O–H groups in total. The highest BCUT2D eigenvalue weighted by molar-refractivity contribution is 6.12. The highest BCUT2D eigenvalue weighted by atomic mass is 15.1. The minimum absolute atomic E-state index is 1.14. The Hall–Kier alpha value is -4.30. The molecule has 0 atom stereocenters. The van der Waals surface area contributed by atoms with Crippen LogP contribution in [0, 0.1) is 0 Å². The number of rotatable bonds is 4. The molecule has 0 unspecified atom stereocenters. The van der Waals surface area contributed by atoms with Crippen molar-refractivity contribution in [1.29, 1.82) is 0 Å². The summed E-state index contributed by atoms with van der Waals surface area (Å²) in [7, 11) is 2.16. The lowest BCUT2D eigenvalue weighted by Crippen LogP contribution is -2.09. The fourth-order valence-corrected chi connectivity index (χ4v) is 4.86. The van der Waals surface area contributed by atoms with Gasteiger partial charge in [-0.05, 0) is 48.0 Å². The second-order valence-corrected chi connectivity index (χ2v) is 8.33. The molecule has 0 aliphatic heterocycles. The van der Waals surface area contributed by atoms with Gasteiger partial charge in [-0.1, -0.05) is 84.9 Å². The predicted molar refractivity (Wildman–Crippen MR) is 141 cm³/mol. The molecule has 0 bridgehead atoms. The first-order valence-electron chi connectivity index (χ1n) is 11.3. The molecular formula is C31H24N2. The van der Waals surface area contributed by atoms with Crippen molar-refractivity contribution in [3.8, 4) is 11.1 Å². The minimum atomic E-state index is 1.14. The molecule has 2 heteroatoms. The Balaban J connectivity index is 1.48. The number of anilines is 3. The molecule has 6 aromatic rings. The number of aromatic nitrogens is 1. The van der Waals surface area contributed by atoms with Gasteiger partial charge in [-0.3, -0.25) is 0 Å². The second-order valence-electron chi connectivity index (χ2n) is 8.33. The van der Waals surface area contributed by atoms with Crippen LogP contribution in [0.5, 0.6) is 0 Å². The normalized spacial score (nSPS) is 11.2. The van der Waals surface area contributed by atoms with Gasteiger partial charge in [-0.15, -0.1) is 0 Å². The topological polar surface area (TPSA) is 8.17 Å². The van der Waals surface area contributed by atoms with E-state index in [2.05, 4.69) is 144 Å². The number of nitrogens with zero attached hydrogens (tertiary/aromatic N) is 2. The zero-order chi connectivity index (χ0) is 22.2. The molecule has 0 fully saturated rings. The summed E-state index contributed by atoms with van der Waals surface area (Å²) >= 11 is 0. The molecule has 33 heavy (non-hydrogen) atoms. The van der Waals surface area contributed by atoms with E-state index in [0.717, 1.165) is 17.1 Å². The first-order valence-corrected chi connectivity index (χ1v) is 11.3. The standard InChI is InChI=1S/C31H24N2/c1-32-30-18-9-8-15-28(30)29-17-10-16-27(31(29)32)23-19-21-26(22-20-23)33(24-11-4-2-5-12-24)25-13-6-3-7-14-25/h2-22H,1H3. The van der Waals surface area contributed by atoms with Gasteiger partial charge in [-0.2, -0.15) is 0 Å². The molecule has 0 aliphatic carbocycles. The van der Waals surface area contributed by atoms with Gasteiger partial charge in [0.05, 0.1) is 5.52 Å². The van der Waals surface area contributed by atoms with Crippen molar-refractivity contribution in [2.24, 2.45) is 7.05 Å². The van der Waals surface area contributed by atoms with E-state index in [1.54, 1.807) is 0 Å². The van der Waals surface area contributed by atoms with Crippen LogP contribution in [0.3, 0.4) is 0 Å². The monoisotopic (exact) mass is 424 g/mol. The van der Waals surface area contributed by atoms with Gasteiger partial charge >= 0.3 is 0 Å². The third-order valence-corrected chi connectivity index (χ3v) is 6.39. The second kappa shape index (κ2) is 7.99. The zero-order valence-electron chi connectivity index (χ0n) is 18.5. The average Bonchev–Trinajstić information content (AvgIpc) is 3.18. The van der Waals surface area contributed by atoms with Crippen LogP contribution in [0.1, 0.15) is 0 Å². The molecule has 6 rings (SSSR count). The Morgan fingerprint density at radius 2 is 1.03 bits per heavy atom. The number of hydrogen-bond acceptors (Lipinski definition) is 1. The van der Waals surface area contributed by atoms with Gasteiger partial charge in [0.1, 0.15) is 0 Å². The van der Waals surface area contributed by atoms with E-state index in [1.807, 2.05) is 0 Å². The third-order valence-electron chi connectivity index (χ3n) is 6.39. The van der Waals surface area contributed by atoms with Crippen LogP contribution in [0.2, 0.25) is 0 Å². The molecule has 0 spiro atoms. The maximum absolute atomic E-state index is 2.31. The van der Waals surface area contributed by atoms with Crippen LogP contribution in [-0.4, -0.2) is 4.57 Å². The summed E-state index contributed by atoms with van der Waals surface area (Å²) in [6.45, 7) is 0. The number of aryl methyl sites for hydroxylation is 1. The maximum Gasteiger partial charge on any atom is 0.0568 e. The molecule has 158 valence electrons. The minimum Gasteiger partial charge on any atom is -0.343 e. The zero-order valence-corrected chi connectivity index (χ0v) is 18.5. The molecule has 2 nitrogen and oxygen atoms in total. The van der Waals surface area contributed by atoms with Crippen molar-refractivity contribution in [2.45, 2.75) is 0 Å². The van der Waals surface area contributed by atoms with E-state index in [9.17, 15) is 0 Å². The van der Waals surface area contributed by atoms with Crippen molar-refractivity contribution in [3.63, 3.8) is 0 Å². The fraction of sp³-hybridized carbons (Fsp3) is 0.0323. The molecule has 1 aromatic heterocycles. The van der Waals surface area contributed by atoms with Crippen molar-refractivity contribution >= 4 is 38.9 Å². The molecule has 0 saturated heterocycles. The van der Waals surface area contributed by atoms with Crippen LogP contribution in [0.4, 0.5) is 17.1 Å². The lowest BCUT2D eigenvalue weighted by atomic mass is 10.0. The van der Waals surface area contributed by atoms with Crippen molar-refractivity contribution < 1.29 is 0 Å². The average molecular weight is 425 g/mol. The van der Waals surface area contributed by atoms with Gasteiger partial charge in [0.2, 0.25) is 0 Å². The number of para-hydroxylation sites is 4. The first kappa shape index (κ1) is 19.4. The molecule has 0 aliphatic rings. The summed E-state index contributed by atoms with van der Waals surface area (Å²) in [5.41, 5.74) is 8.44. The number of fused-ring (bicyclic) bond motifs is 3. The highest BCUT2D eigenvalue weighted by Gasteiger charge is 2.15. The van der Waals surface area contributed by atoms with Gasteiger partial charge in [0, 0.05) is 46.0 Å². The van der Waals surface area contributed by atoms with E-state index in [-0.39, 0.29) is 0 Å². The van der Waals surface area contributed by atoms with Crippen molar-refractivity contribution in [1.82, 2.24) is 4.57 Å². The molecule has 0 amide bonds. The van der Waals surface area contributed by atoms with Crippen LogP contribution >= 0.6 is 0 Å². The number of benzene rings is 5. The highest BCUT2D eigenvalue weighted by Crippen LogP contribution is 2.38. The summed E-state index contributed by atoms with van der Waals surface area (Å²) in [5, 5.41) is 2.60. The van der Waals surface area contributed by atoms with Gasteiger partial charge < -0.3 is 9.47 Å². The molecule has 0 saturated carbocycles. The Labute approximate surface area is 194 Å². The Morgan fingerprint density at radius 3 is 1.70 bits per heavy atom. The van der Waals surface area contributed by atoms with Crippen molar-refractivity contribution in [2.75, 3.05) is 4.90 Å². The number of hydrogen-bond donors (Lipinski definition) is 0. The smallest absolute Gasteiger partial charge is 0.0568 e. The quantitative estimate of drug-likeness (QED) is 0.275.